The molecular formula is C21H23BrN6O2. The second-order valence-electron chi connectivity index (χ2n) is 7.70. The summed E-state index contributed by atoms with van der Waals surface area (Å²) in [6.45, 7) is 3.22. The van der Waals surface area contributed by atoms with Crippen molar-refractivity contribution in [2.45, 2.75) is 31.7 Å². The van der Waals surface area contributed by atoms with Gasteiger partial charge in [-0.1, -0.05) is 12.8 Å². The van der Waals surface area contributed by atoms with E-state index in [1.807, 2.05) is 22.9 Å². The molecule has 8 nitrogen and oxygen atoms in total. The standard InChI is InChI=1S/C21H23BrN6O2/c22-17-11-14-12-24-21(26-19(14)28(20(17)29)15-3-1-2-4-15)25-18-6-5-16(13-23-18)27-7-9-30-10-8-27/h5-6,11-13,15H,1-4,7-10H2,(H,23,24,25,26). The van der Waals surface area contributed by atoms with E-state index in [9.17, 15) is 4.79 Å². The van der Waals surface area contributed by atoms with Gasteiger partial charge in [0.1, 0.15) is 11.5 Å². The largest absolute Gasteiger partial charge is 0.378 e. The SMILES string of the molecule is O=c1c(Br)cc2cnc(Nc3ccc(N4CCOCC4)cn3)nc2n1C1CCCC1. The van der Waals surface area contributed by atoms with Crippen LogP contribution in [0.25, 0.3) is 11.0 Å². The van der Waals surface area contributed by atoms with Gasteiger partial charge >= 0.3 is 0 Å². The van der Waals surface area contributed by atoms with E-state index in [-0.39, 0.29) is 11.6 Å². The summed E-state index contributed by atoms with van der Waals surface area (Å²) in [7, 11) is 0. The molecule has 0 aromatic carbocycles. The predicted molar refractivity (Wildman–Crippen MR) is 120 cm³/mol. The molecule has 3 aromatic heterocycles. The third kappa shape index (κ3) is 3.79. The van der Waals surface area contributed by atoms with Crippen molar-refractivity contribution in [1.82, 2.24) is 19.5 Å². The molecule has 2 fully saturated rings. The number of halogens is 1. The molecule has 1 saturated carbocycles. The lowest BCUT2D eigenvalue weighted by atomic mass is 10.2. The Morgan fingerprint density at radius 2 is 1.90 bits per heavy atom. The summed E-state index contributed by atoms with van der Waals surface area (Å²) in [4.78, 5) is 28.7. The lowest BCUT2D eigenvalue weighted by Crippen LogP contribution is -2.36. The quantitative estimate of drug-likeness (QED) is 0.622. The number of nitrogens with zero attached hydrogens (tertiary/aromatic N) is 5. The Morgan fingerprint density at radius 3 is 2.63 bits per heavy atom. The van der Waals surface area contributed by atoms with Gasteiger partial charge in [-0.2, -0.15) is 4.98 Å². The minimum absolute atomic E-state index is 0.0351. The monoisotopic (exact) mass is 470 g/mol. The van der Waals surface area contributed by atoms with Crippen molar-refractivity contribution in [2.24, 2.45) is 0 Å². The molecule has 0 amide bonds. The molecule has 0 bridgehead atoms. The zero-order valence-electron chi connectivity index (χ0n) is 16.6. The van der Waals surface area contributed by atoms with Crippen LogP contribution in [0.5, 0.6) is 0 Å². The van der Waals surface area contributed by atoms with Crippen LogP contribution in [-0.2, 0) is 4.74 Å². The molecule has 9 heteroatoms. The second kappa shape index (κ2) is 8.31. The van der Waals surface area contributed by atoms with Gasteiger partial charge < -0.3 is 15.0 Å². The minimum atomic E-state index is -0.0351. The molecule has 0 unspecified atom stereocenters. The van der Waals surface area contributed by atoms with Crippen LogP contribution < -0.4 is 15.8 Å². The molecule has 0 radical (unpaired) electrons. The van der Waals surface area contributed by atoms with Crippen molar-refractivity contribution in [2.75, 3.05) is 36.5 Å². The molecule has 1 aliphatic heterocycles. The molecule has 4 heterocycles. The Morgan fingerprint density at radius 1 is 1.10 bits per heavy atom. The first-order valence-electron chi connectivity index (χ1n) is 10.3. The van der Waals surface area contributed by atoms with E-state index >= 15 is 0 Å². The fraction of sp³-hybridized carbons (Fsp3) is 0.429. The summed E-state index contributed by atoms with van der Waals surface area (Å²) in [6.07, 6.45) is 7.88. The minimum Gasteiger partial charge on any atom is -0.378 e. The van der Waals surface area contributed by atoms with Crippen LogP contribution >= 0.6 is 15.9 Å². The maximum atomic E-state index is 12.8. The van der Waals surface area contributed by atoms with Gasteiger partial charge in [-0.25, -0.2) is 9.97 Å². The molecule has 156 valence electrons. The Labute approximate surface area is 182 Å². The smallest absolute Gasteiger partial charge is 0.266 e. The van der Waals surface area contributed by atoms with Gasteiger partial charge in [-0.3, -0.25) is 9.36 Å². The lowest BCUT2D eigenvalue weighted by molar-refractivity contribution is 0.122. The Balaban J connectivity index is 1.44. The first-order chi connectivity index (χ1) is 14.7. The summed E-state index contributed by atoms with van der Waals surface area (Å²) in [5, 5.41) is 4.02. The number of ether oxygens (including phenoxy) is 1. The van der Waals surface area contributed by atoms with Crippen molar-refractivity contribution in [3.8, 4) is 0 Å². The summed E-state index contributed by atoms with van der Waals surface area (Å²) in [5.41, 5.74) is 1.70. The Kier molecular flexibility index (Phi) is 5.39. The van der Waals surface area contributed by atoms with Crippen LogP contribution in [0.3, 0.4) is 0 Å². The van der Waals surface area contributed by atoms with E-state index in [0.29, 0.717) is 21.9 Å². The molecule has 2 aliphatic rings. The fourth-order valence-electron chi connectivity index (χ4n) is 4.23. The van der Waals surface area contributed by atoms with Crippen LogP contribution in [0, 0.1) is 0 Å². The van der Waals surface area contributed by atoms with Crippen LogP contribution in [0.2, 0.25) is 0 Å². The number of aromatic nitrogens is 4. The second-order valence-corrected chi connectivity index (χ2v) is 8.56. The van der Waals surface area contributed by atoms with Crippen molar-refractivity contribution in [3.63, 3.8) is 0 Å². The summed E-state index contributed by atoms with van der Waals surface area (Å²) in [6, 6.07) is 5.94. The van der Waals surface area contributed by atoms with E-state index in [1.165, 1.54) is 0 Å². The number of fused-ring (bicyclic) bond motifs is 1. The highest BCUT2D eigenvalue weighted by atomic mass is 79.9. The normalized spacial score (nSPS) is 17.6. The van der Waals surface area contributed by atoms with E-state index in [0.717, 1.165) is 63.1 Å². The van der Waals surface area contributed by atoms with Crippen LogP contribution in [0.4, 0.5) is 17.5 Å². The van der Waals surface area contributed by atoms with Gasteiger partial charge in [0.2, 0.25) is 5.95 Å². The third-order valence-corrected chi connectivity index (χ3v) is 6.35. The number of morpholine rings is 1. The van der Waals surface area contributed by atoms with Crippen LogP contribution in [0.1, 0.15) is 31.7 Å². The molecule has 1 N–H and O–H groups in total. The van der Waals surface area contributed by atoms with Gasteiger partial charge in [0, 0.05) is 30.7 Å². The molecule has 1 saturated heterocycles. The van der Waals surface area contributed by atoms with E-state index in [4.69, 9.17) is 4.74 Å². The number of nitrogens with one attached hydrogen (secondary N) is 1. The maximum absolute atomic E-state index is 12.8. The van der Waals surface area contributed by atoms with Crippen molar-refractivity contribution >= 4 is 44.4 Å². The number of hydrogen-bond acceptors (Lipinski definition) is 7. The summed E-state index contributed by atoms with van der Waals surface area (Å²) < 4.78 is 7.78. The van der Waals surface area contributed by atoms with Gasteiger partial charge in [-0.15, -0.1) is 0 Å². The van der Waals surface area contributed by atoms with Gasteiger partial charge in [-0.05, 0) is 47.0 Å². The van der Waals surface area contributed by atoms with Crippen molar-refractivity contribution in [3.05, 3.63) is 45.4 Å². The number of pyridine rings is 2. The predicted octanol–water partition coefficient (Wildman–Crippen LogP) is 3.64. The van der Waals surface area contributed by atoms with E-state index in [1.54, 1.807) is 12.3 Å². The first-order valence-corrected chi connectivity index (χ1v) is 11.1. The van der Waals surface area contributed by atoms with E-state index < -0.39 is 0 Å². The average molecular weight is 471 g/mol. The Bertz CT molecular complexity index is 1100. The lowest BCUT2D eigenvalue weighted by Gasteiger charge is -2.28. The molecule has 0 atom stereocenters. The summed E-state index contributed by atoms with van der Waals surface area (Å²) >= 11 is 3.40. The maximum Gasteiger partial charge on any atom is 0.266 e. The van der Waals surface area contributed by atoms with Crippen molar-refractivity contribution < 1.29 is 4.74 Å². The van der Waals surface area contributed by atoms with Crippen LogP contribution in [0.15, 0.2) is 39.9 Å². The number of rotatable bonds is 4. The first kappa shape index (κ1) is 19.4. The topological polar surface area (TPSA) is 85.2 Å². The molecular weight excluding hydrogens is 448 g/mol. The van der Waals surface area contributed by atoms with Gasteiger partial charge in [0.25, 0.3) is 5.56 Å². The zero-order chi connectivity index (χ0) is 20.5. The average Bonchev–Trinajstić information content (AvgIpc) is 3.30. The molecule has 3 aromatic rings. The molecule has 5 rings (SSSR count). The highest BCUT2D eigenvalue weighted by Crippen LogP contribution is 2.31. The molecule has 30 heavy (non-hydrogen) atoms. The van der Waals surface area contributed by atoms with Crippen LogP contribution in [-0.4, -0.2) is 45.8 Å². The van der Waals surface area contributed by atoms with Gasteiger partial charge in [0.05, 0.1) is 29.6 Å². The molecule has 1 aliphatic carbocycles. The number of anilines is 3. The van der Waals surface area contributed by atoms with Gasteiger partial charge in [0.15, 0.2) is 0 Å². The fourth-order valence-corrected chi connectivity index (χ4v) is 4.67. The van der Waals surface area contributed by atoms with Crippen molar-refractivity contribution in [1.29, 1.82) is 0 Å². The van der Waals surface area contributed by atoms with E-state index in [2.05, 4.69) is 41.1 Å². The highest BCUT2D eigenvalue weighted by Gasteiger charge is 2.22. The zero-order valence-corrected chi connectivity index (χ0v) is 18.1. The highest BCUT2D eigenvalue weighted by molar-refractivity contribution is 9.10. The Hall–Kier alpha value is -2.52. The third-order valence-electron chi connectivity index (χ3n) is 5.78. The molecule has 0 spiro atoms. The summed E-state index contributed by atoms with van der Waals surface area (Å²) in [5.74, 6) is 1.10. The number of hydrogen-bond donors (Lipinski definition) is 1.